The summed E-state index contributed by atoms with van der Waals surface area (Å²) in [6, 6.07) is 3.78. The van der Waals surface area contributed by atoms with Crippen LogP contribution in [0.25, 0.3) is 0 Å². The summed E-state index contributed by atoms with van der Waals surface area (Å²) < 4.78 is 5.01. The van der Waals surface area contributed by atoms with Gasteiger partial charge < -0.3 is 4.42 Å². The Kier molecular flexibility index (Phi) is 5.58. The van der Waals surface area contributed by atoms with E-state index in [2.05, 4.69) is 13.2 Å². The van der Waals surface area contributed by atoms with E-state index in [1.165, 1.54) is 12.8 Å². The van der Waals surface area contributed by atoms with Crippen molar-refractivity contribution in [2.75, 3.05) is 0 Å². The average Bonchev–Trinajstić information content (AvgIpc) is 2.34. The molecule has 0 atom stereocenters. The second-order valence-electron chi connectivity index (χ2n) is 2.12. The van der Waals surface area contributed by atoms with Gasteiger partial charge in [-0.25, -0.2) is 0 Å². The van der Waals surface area contributed by atoms with Gasteiger partial charge in [-0.15, -0.1) is 6.07 Å². The maximum absolute atomic E-state index is 5.01. The first kappa shape index (κ1) is 9.88. The number of rotatable bonds is 3. The van der Waals surface area contributed by atoms with Crippen LogP contribution in [0, 0.1) is 6.26 Å². The fourth-order valence-electron chi connectivity index (χ4n) is 0.756. The number of unbranched alkanes of at least 4 members (excludes halogenated alkanes) is 1. The molecule has 0 unspecified atom stereocenters. The monoisotopic (exact) mass is 130 g/mol. The number of hydrogen-bond donors (Lipinski definition) is 0. The van der Waals surface area contributed by atoms with E-state index in [4.69, 9.17) is 4.42 Å². The van der Waals surface area contributed by atoms with Crippen LogP contribution in [0.5, 0.6) is 0 Å². The third-order valence-corrected chi connectivity index (χ3v) is 1.30. The molecule has 0 radical (unpaired) electrons. The van der Waals surface area contributed by atoms with Gasteiger partial charge in [0.05, 0.1) is 0 Å². The Morgan fingerprint density at radius 2 is 2.40 bits per heavy atom. The van der Waals surface area contributed by atoms with Gasteiger partial charge in [0.1, 0.15) is 0 Å². The summed E-state index contributed by atoms with van der Waals surface area (Å²) in [5, 5.41) is 0. The van der Waals surface area contributed by atoms with E-state index in [0.717, 1.165) is 12.2 Å². The van der Waals surface area contributed by atoms with Crippen molar-refractivity contribution >= 4 is 0 Å². The standard InChI is InChI=1S/C8H11O.Li/c1-2-3-5-8-6-4-7-9-8;/h4,6H,2-3,5H2,1H3;/q-1;+1. The molecule has 0 spiro atoms. The van der Waals surface area contributed by atoms with Crippen LogP contribution in [0.15, 0.2) is 16.5 Å². The minimum Gasteiger partial charge on any atom is -0.596 e. The van der Waals surface area contributed by atoms with Crippen LogP contribution in [-0.4, -0.2) is 0 Å². The summed E-state index contributed by atoms with van der Waals surface area (Å²) in [6.07, 6.45) is 6.15. The smallest absolute Gasteiger partial charge is 0.596 e. The Morgan fingerprint density at radius 1 is 1.60 bits per heavy atom. The molecular weight excluding hydrogens is 119 g/mol. The van der Waals surface area contributed by atoms with Gasteiger partial charge in [0.15, 0.2) is 0 Å². The molecular formula is C8H11LiO. The Labute approximate surface area is 74.0 Å². The fourth-order valence-corrected chi connectivity index (χ4v) is 0.756. The number of aryl methyl sites for hydroxylation is 1. The molecule has 2 heteroatoms. The Balaban J connectivity index is 0.000000810. The summed E-state index contributed by atoms with van der Waals surface area (Å²) in [7, 11) is 0. The molecule has 10 heavy (non-hydrogen) atoms. The normalized spacial score (nSPS) is 8.90. The van der Waals surface area contributed by atoms with E-state index in [1.807, 2.05) is 12.1 Å². The molecule has 0 aliphatic rings. The molecule has 0 N–H and O–H groups in total. The predicted octanol–water partition coefficient (Wildman–Crippen LogP) is -0.574. The molecule has 1 nitrogen and oxygen atoms in total. The van der Waals surface area contributed by atoms with E-state index in [-0.39, 0.29) is 18.9 Å². The summed E-state index contributed by atoms with van der Waals surface area (Å²) >= 11 is 0. The zero-order valence-corrected chi connectivity index (χ0v) is 6.68. The van der Waals surface area contributed by atoms with Crippen molar-refractivity contribution in [3.05, 3.63) is 24.2 Å². The van der Waals surface area contributed by atoms with Gasteiger partial charge in [0.2, 0.25) is 0 Å². The van der Waals surface area contributed by atoms with E-state index in [0.29, 0.717) is 0 Å². The fraction of sp³-hybridized carbons (Fsp3) is 0.500. The zero-order chi connectivity index (χ0) is 6.53. The Hall–Kier alpha value is -0.123. The molecule has 0 fully saturated rings. The van der Waals surface area contributed by atoms with Crippen molar-refractivity contribution in [2.24, 2.45) is 0 Å². The van der Waals surface area contributed by atoms with Gasteiger partial charge in [-0.05, 0) is 6.26 Å². The molecule has 0 bridgehead atoms. The minimum absolute atomic E-state index is 0. The maximum Gasteiger partial charge on any atom is 1.00 e. The average molecular weight is 130 g/mol. The Bertz CT molecular complexity index is 146. The van der Waals surface area contributed by atoms with Gasteiger partial charge in [-0.1, -0.05) is 31.9 Å². The van der Waals surface area contributed by atoms with Crippen molar-refractivity contribution in [3.63, 3.8) is 0 Å². The summed E-state index contributed by atoms with van der Waals surface area (Å²) in [5.41, 5.74) is 0. The largest absolute Gasteiger partial charge is 1.00 e. The van der Waals surface area contributed by atoms with Gasteiger partial charge in [-0.2, -0.15) is 6.07 Å². The van der Waals surface area contributed by atoms with Crippen molar-refractivity contribution in [3.8, 4) is 0 Å². The second-order valence-corrected chi connectivity index (χ2v) is 2.12. The summed E-state index contributed by atoms with van der Waals surface area (Å²) in [4.78, 5) is 0. The summed E-state index contributed by atoms with van der Waals surface area (Å²) in [6.45, 7) is 2.17. The first-order chi connectivity index (χ1) is 4.43. The van der Waals surface area contributed by atoms with E-state index in [9.17, 15) is 0 Å². The van der Waals surface area contributed by atoms with Crippen molar-refractivity contribution in [1.29, 1.82) is 0 Å². The molecule has 0 saturated heterocycles. The molecule has 50 valence electrons. The van der Waals surface area contributed by atoms with Crippen LogP contribution in [-0.2, 0) is 6.42 Å². The molecule has 0 saturated carbocycles. The number of hydrogen-bond acceptors (Lipinski definition) is 1. The van der Waals surface area contributed by atoms with Crippen LogP contribution in [0.2, 0.25) is 0 Å². The van der Waals surface area contributed by atoms with Crippen LogP contribution >= 0.6 is 0 Å². The van der Waals surface area contributed by atoms with Gasteiger partial charge in [-0.3, -0.25) is 0 Å². The van der Waals surface area contributed by atoms with Crippen molar-refractivity contribution in [2.45, 2.75) is 26.2 Å². The van der Waals surface area contributed by atoms with E-state index >= 15 is 0 Å². The molecule has 1 rings (SSSR count). The van der Waals surface area contributed by atoms with Crippen LogP contribution in [0.1, 0.15) is 25.5 Å². The molecule has 0 aliphatic carbocycles. The molecule has 0 aromatic carbocycles. The molecule has 1 aromatic heterocycles. The van der Waals surface area contributed by atoms with Crippen molar-refractivity contribution in [1.82, 2.24) is 0 Å². The third-order valence-electron chi connectivity index (χ3n) is 1.30. The topological polar surface area (TPSA) is 13.1 Å². The molecule has 1 heterocycles. The van der Waals surface area contributed by atoms with Gasteiger partial charge >= 0.3 is 18.9 Å². The van der Waals surface area contributed by atoms with Gasteiger partial charge in [0.25, 0.3) is 0 Å². The predicted molar refractivity (Wildman–Crippen MR) is 36.2 cm³/mol. The van der Waals surface area contributed by atoms with Crippen LogP contribution in [0.4, 0.5) is 0 Å². The first-order valence-corrected chi connectivity index (χ1v) is 3.38. The SMILES string of the molecule is CCCCc1cc[c-]o1.[Li+]. The summed E-state index contributed by atoms with van der Waals surface area (Å²) in [5.74, 6) is 1.05. The van der Waals surface area contributed by atoms with Crippen LogP contribution in [0.3, 0.4) is 0 Å². The van der Waals surface area contributed by atoms with Gasteiger partial charge in [0, 0.05) is 0 Å². The van der Waals surface area contributed by atoms with Crippen LogP contribution < -0.4 is 18.9 Å². The Morgan fingerprint density at radius 3 is 2.90 bits per heavy atom. The first-order valence-electron chi connectivity index (χ1n) is 3.38. The van der Waals surface area contributed by atoms with E-state index < -0.39 is 0 Å². The zero-order valence-electron chi connectivity index (χ0n) is 6.68. The quantitative estimate of drug-likeness (QED) is 0.394. The van der Waals surface area contributed by atoms with Crippen molar-refractivity contribution < 1.29 is 23.3 Å². The molecule has 1 aromatic rings. The molecule has 0 amide bonds. The minimum atomic E-state index is 0. The second kappa shape index (κ2) is 5.65. The maximum atomic E-state index is 5.01. The number of furan rings is 1. The molecule has 0 aliphatic heterocycles. The van der Waals surface area contributed by atoms with E-state index in [1.54, 1.807) is 0 Å². The third kappa shape index (κ3) is 3.15.